The first-order valence-electron chi connectivity index (χ1n) is 14.4. The summed E-state index contributed by atoms with van der Waals surface area (Å²) in [5, 5.41) is 19.5. The maximum atomic E-state index is 14.6. The lowest BCUT2D eigenvalue weighted by molar-refractivity contribution is -0.127. The molecule has 0 aliphatic rings. The van der Waals surface area contributed by atoms with E-state index >= 15 is 0 Å². The molecule has 0 amide bonds. The number of hydrogen-bond acceptors (Lipinski definition) is 9. The normalized spacial score (nSPS) is 13.2. The molecule has 44 heavy (non-hydrogen) atoms. The van der Waals surface area contributed by atoms with Crippen molar-refractivity contribution in [3.63, 3.8) is 0 Å². The zero-order chi connectivity index (χ0) is 32.6. The van der Waals surface area contributed by atoms with Gasteiger partial charge in [0, 0.05) is 17.5 Å². The largest absolute Gasteiger partial charge is 0.496 e. The lowest BCUT2D eigenvalue weighted by atomic mass is 9.91. The van der Waals surface area contributed by atoms with Crippen molar-refractivity contribution in [3.05, 3.63) is 68.4 Å². The minimum Gasteiger partial charge on any atom is -0.496 e. The van der Waals surface area contributed by atoms with Gasteiger partial charge in [-0.05, 0) is 65.2 Å². The Morgan fingerprint density at radius 3 is 2.39 bits per heavy atom. The number of methoxy groups -OCH3 is 1. The van der Waals surface area contributed by atoms with E-state index in [1.54, 1.807) is 34.6 Å². The van der Waals surface area contributed by atoms with E-state index in [1.165, 1.54) is 47.1 Å². The van der Waals surface area contributed by atoms with Gasteiger partial charge in [0.15, 0.2) is 5.78 Å². The number of hydrogen-bond donors (Lipinski definition) is 1. The molecule has 3 aromatic heterocycles. The minimum atomic E-state index is -1.47. The van der Waals surface area contributed by atoms with Crippen LogP contribution in [0.15, 0.2) is 40.2 Å². The Hall–Kier alpha value is -3.68. The van der Waals surface area contributed by atoms with Gasteiger partial charge >= 0.3 is 5.69 Å². The Balaban J connectivity index is 2.01. The molecule has 238 valence electrons. The van der Waals surface area contributed by atoms with Gasteiger partial charge in [0.1, 0.15) is 33.0 Å². The van der Waals surface area contributed by atoms with Crippen LogP contribution in [0.5, 0.6) is 5.75 Å². The number of carbonyl (C=O) groups excluding carboxylic acids is 1. The maximum Gasteiger partial charge on any atom is 0.333 e. The van der Waals surface area contributed by atoms with Crippen LogP contribution in [0.1, 0.15) is 71.6 Å². The van der Waals surface area contributed by atoms with E-state index in [0.717, 1.165) is 15.9 Å². The van der Waals surface area contributed by atoms with Crippen molar-refractivity contribution < 1.29 is 23.8 Å². The van der Waals surface area contributed by atoms with Crippen molar-refractivity contribution in [2.24, 2.45) is 5.92 Å². The standard InChI is InChI=1S/C31H40FN5O6S/c1-18(2)15-24(38)31(6,7)36-26(39)25-19(3)27(37-33-12-13-34-37)44-28(25)35(29(36)40)17-23(43-14-11-30(4,5)41)21-16-20(32)9-10-22(21)42-8/h9-10,12-13,16,18,23,41H,11,14-15,17H2,1-8H3/t23-/m0/s1. The highest BCUT2D eigenvalue weighted by Gasteiger charge is 2.36. The second-order valence-electron chi connectivity index (χ2n) is 12.5. The molecule has 0 saturated heterocycles. The molecule has 0 bridgehead atoms. The third kappa shape index (κ3) is 6.69. The molecular weight excluding hydrogens is 589 g/mol. The van der Waals surface area contributed by atoms with Crippen LogP contribution in [-0.2, 0) is 21.6 Å². The van der Waals surface area contributed by atoms with Gasteiger partial charge in [-0.3, -0.25) is 14.2 Å². The molecule has 11 nitrogen and oxygen atoms in total. The third-order valence-corrected chi connectivity index (χ3v) is 8.82. The van der Waals surface area contributed by atoms with Crippen molar-refractivity contribution in [2.75, 3.05) is 13.7 Å². The summed E-state index contributed by atoms with van der Waals surface area (Å²) in [4.78, 5) is 43.7. The van der Waals surface area contributed by atoms with Crippen molar-refractivity contribution in [3.8, 4) is 10.8 Å². The summed E-state index contributed by atoms with van der Waals surface area (Å²) in [7, 11) is 1.45. The molecule has 0 unspecified atom stereocenters. The zero-order valence-electron chi connectivity index (χ0n) is 26.4. The molecule has 1 aromatic carbocycles. The fraction of sp³-hybridized carbons (Fsp3) is 0.516. The Bertz CT molecular complexity index is 1770. The highest BCUT2D eigenvalue weighted by molar-refractivity contribution is 7.21. The van der Waals surface area contributed by atoms with E-state index in [4.69, 9.17) is 9.47 Å². The Morgan fingerprint density at radius 1 is 1.14 bits per heavy atom. The predicted octanol–water partition coefficient (Wildman–Crippen LogP) is 4.53. The zero-order valence-corrected chi connectivity index (χ0v) is 27.2. The van der Waals surface area contributed by atoms with Crippen LogP contribution in [0.2, 0.25) is 0 Å². The van der Waals surface area contributed by atoms with Crippen molar-refractivity contribution in [2.45, 2.75) is 85.1 Å². The van der Waals surface area contributed by atoms with E-state index in [9.17, 15) is 23.9 Å². The number of aryl methyl sites for hydroxylation is 1. The smallest absolute Gasteiger partial charge is 0.333 e. The summed E-state index contributed by atoms with van der Waals surface area (Å²) in [5.41, 5.74) is -2.93. The van der Waals surface area contributed by atoms with Crippen molar-refractivity contribution in [1.82, 2.24) is 24.1 Å². The van der Waals surface area contributed by atoms with E-state index in [1.807, 2.05) is 13.8 Å². The number of aliphatic hydroxyl groups is 1. The summed E-state index contributed by atoms with van der Waals surface area (Å²) < 4.78 is 28.7. The number of benzene rings is 1. The van der Waals surface area contributed by atoms with Gasteiger partial charge in [-0.25, -0.2) is 13.8 Å². The summed E-state index contributed by atoms with van der Waals surface area (Å²) in [5.74, 6) is -0.436. The van der Waals surface area contributed by atoms with Gasteiger partial charge in [-0.2, -0.15) is 10.2 Å². The van der Waals surface area contributed by atoms with Crippen LogP contribution >= 0.6 is 11.3 Å². The molecule has 0 aliphatic heterocycles. The van der Waals surface area contributed by atoms with Crippen LogP contribution in [0, 0.1) is 18.7 Å². The number of ketones is 1. The summed E-state index contributed by atoms with van der Waals surface area (Å²) >= 11 is 1.16. The molecule has 4 aromatic rings. The maximum absolute atomic E-state index is 14.6. The molecule has 1 atom stereocenters. The van der Waals surface area contributed by atoms with Gasteiger partial charge in [0.2, 0.25) is 0 Å². The quantitative estimate of drug-likeness (QED) is 0.228. The second-order valence-corrected chi connectivity index (χ2v) is 13.4. The number of aromatic nitrogens is 5. The van der Waals surface area contributed by atoms with Crippen LogP contribution in [0.25, 0.3) is 15.2 Å². The molecule has 13 heteroatoms. The minimum absolute atomic E-state index is 0.0119. The summed E-state index contributed by atoms with van der Waals surface area (Å²) in [6, 6.07) is 4.01. The van der Waals surface area contributed by atoms with E-state index in [-0.39, 0.29) is 43.1 Å². The topological polar surface area (TPSA) is 130 Å². The first-order chi connectivity index (χ1) is 20.6. The highest BCUT2D eigenvalue weighted by atomic mass is 32.1. The number of Topliss-reactive ketones (excluding diaryl/α,β-unsaturated/α-hetero) is 1. The van der Waals surface area contributed by atoms with Crippen LogP contribution in [0.3, 0.4) is 0 Å². The molecule has 0 spiro atoms. The van der Waals surface area contributed by atoms with Gasteiger partial charge in [0.05, 0.1) is 43.6 Å². The Labute approximate surface area is 258 Å². The molecule has 1 N–H and O–H groups in total. The molecule has 0 radical (unpaired) electrons. The number of carbonyl (C=O) groups is 1. The SMILES string of the molecule is COc1ccc(F)cc1[C@H](Cn1c(=O)n(C(C)(C)C(=O)CC(C)C)c(=O)c2c(C)c(-n3nccn3)sc21)OCCC(C)(C)O. The average Bonchev–Trinajstić information content (AvgIpc) is 3.57. The molecular formula is C31H40FN5O6S. The lowest BCUT2D eigenvalue weighted by Crippen LogP contribution is -2.53. The summed E-state index contributed by atoms with van der Waals surface area (Å²) in [6.45, 7) is 11.9. The van der Waals surface area contributed by atoms with Gasteiger partial charge in [-0.1, -0.05) is 25.2 Å². The fourth-order valence-corrected chi connectivity index (χ4v) is 6.28. The monoisotopic (exact) mass is 629 g/mol. The summed E-state index contributed by atoms with van der Waals surface area (Å²) in [6.07, 6.45) is 2.51. The number of fused-ring (bicyclic) bond motifs is 1. The first-order valence-corrected chi connectivity index (χ1v) is 15.2. The molecule has 0 saturated carbocycles. The Morgan fingerprint density at radius 2 is 1.80 bits per heavy atom. The van der Waals surface area contributed by atoms with Gasteiger partial charge in [0.25, 0.3) is 5.56 Å². The first kappa shape index (κ1) is 33.2. The predicted molar refractivity (Wildman–Crippen MR) is 166 cm³/mol. The number of rotatable bonds is 13. The Kier molecular flexibility index (Phi) is 9.62. The second kappa shape index (κ2) is 12.7. The van der Waals surface area contributed by atoms with Crippen molar-refractivity contribution >= 4 is 27.3 Å². The van der Waals surface area contributed by atoms with E-state index in [0.29, 0.717) is 26.7 Å². The molecule has 3 heterocycles. The van der Waals surface area contributed by atoms with Gasteiger partial charge in [-0.15, -0.1) is 4.80 Å². The highest BCUT2D eigenvalue weighted by Crippen LogP contribution is 2.34. The van der Waals surface area contributed by atoms with Gasteiger partial charge < -0.3 is 14.6 Å². The molecule has 4 rings (SSSR count). The third-order valence-electron chi connectivity index (χ3n) is 7.54. The number of halogens is 1. The fourth-order valence-electron chi connectivity index (χ4n) is 5.06. The number of ether oxygens (including phenoxy) is 2. The number of nitrogens with zero attached hydrogens (tertiary/aromatic N) is 5. The van der Waals surface area contributed by atoms with Crippen LogP contribution < -0.4 is 16.0 Å². The van der Waals surface area contributed by atoms with Crippen LogP contribution in [0.4, 0.5) is 4.39 Å². The molecule has 0 fully saturated rings. The average molecular weight is 630 g/mol. The molecule has 0 aliphatic carbocycles. The van der Waals surface area contributed by atoms with Crippen LogP contribution in [-0.4, -0.2) is 54.3 Å². The van der Waals surface area contributed by atoms with E-state index < -0.39 is 34.3 Å². The van der Waals surface area contributed by atoms with Crippen molar-refractivity contribution in [1.29, 1.82) is 0 Å². The lowest BCUT2D eigenvalue weighted by Gasteiger charge is -2.28. The number of thiophene rings is 1. The van der Waals surface area contributed by atoms with E-state index in [2.05, 4.69) is 10.2 Å².